The standard InChI is InChI=1S/C16H26O3Si/c1-4-14-8-5-6-9-15(14)10-7-12-19-20-13-11-16(17-2)18-3/h4-6,8-9,16H,1,7,10-13,20H2,2-3H3. The fraction of sp³-hybridized carbons (Fsp3) is 0.500. The van der Waals surface area contributed by atoms with Gasteiger partial charge in [0.2, 0.25) is 0 Å². The fourth-order valence-electron chi connectivity index (χ4n) is 2.11. The molecule has 0 saturated carbocycles. The highest BCUT2D eigenvalue weighted by Gasteiger charge is 2.04. The molecule has 0 aliphatic heterocycles. The van der Waals surface area contributed by atoms with Gasteiger partial charge in [0, 0.05) is 20.8 Å². The van der Waals surface area contributed by atoms with Crippen LogP contribution in [0.15, 0.2) is 30.8 Å². The number of rotatable bonds is 11. The zero-order valence-corrected chi connectivity index (χ0v) is 14.1. The Morgan fingerprint density at radius 2 is 2.00 bits per heavy atom. The summed E-state index contributed by atoms with van der Waals surface area (Å²) in [5, 5.41) is 0. The van der Waals surface area contributed by atoms with E-state index in [1.165, 1.54) is 11.1 Å². The van der Waals surface area contributed by atoms with Gasteiger partial charge in [-0.05, 0) is 36.4 Å². The molecule has 0 spiro atoms. The summed E-state index contributed by atoms with van der Waals surface area (Å²) in [6.45, 7) is 4.69. The Hall–Kier alpha value is -0.943. The highest BCUT2D eigenvalue weighted by molar-refractivity contribution is 6.26. The van der Waals surface area contributed by atoms with Gasteiger partial charge in [0.25, 0.3) is 0 Å². The first-order valence-electron chi connectivity index (χ1n) is 7.15. The number of hydrogen-bond donors (Lipinski definition) is 0. The van der Waals surface area contributed by atoms with Crippen LogP contribution in [0.25, 0.3) is 6.08 Å². The Labute approximate surface area is 124 Å². The molecular weight excluding hydrogens is 268 g/mol. The Bertz CT molecular complexity index is 378. The summed E-state index contributed by atoms with van der Waals surface area (Å²) in [4.78, 5) is 0. The molecule has 0 aromatic heterocycles. The van der Waals surface area contributed by atoms with Crippen molar-refractivity contribution in [1.29, 1.82) is 0 Å². The zero-order valence-electron chi connectivity index (χ0n) is 12.6. The maximum Gasteiger partial charge on any atom is 0.161 e. The summed E-state index contributed by atoms with van der Waals surface area (Å²) in [5.41, 5.74) is 2.58. The average Bonchev–Trinajstić information content (AvgIpc) is 2.50. The summed E-state index contributed by atoms with van der Waals surface area (Å²) in [6.07, 6.45) is 4.88. The lowest BCUT2D eigenvalue weighted by Crippen LogP contribution is -2.14. The molecule has 0 aliphatic carbocycles. The third-order valence-corrected chi connectivity index (χ3v) is 4.54. The van der Waals surface area contributed by atoms with Gasteiger partial charge in [0.15, 0.2) is 16.1 Å². The van der Waals surface area contributed by atoms with E-state index < -0.39 is 9.76 Å². The van der Waals surface area contributed by atoms with E-state index in [0.29, 0.717) is 0 Å². The molecule has 0 atom stereocenters. The van der Waals surface area contributed by atoms with Crippen LogP contribution in [0.2, 0.25) is 6.04 Å². The normalized spacial score (nSPS) is 11.6. The predicted molar refractivity (Wildman–Crippen MR) is 86.6 cm³/mol. The Kier molecular flexibility index (Phi) is 9.24. The van der Waals surface area contributed by atoms with Crippen LogP contribution < -0.4 is 0 Å². The maximum atomic E-state index is 5.77. The minimum absolute atomic E-state index is 0.0782. The minimum atomic E-state index is -0.445. The molecular formula is C16H26O3Si. The van der Waals surface area contributed by atoms with Crippen LogP contribution in [0, 0.1) is 0 Å². The molecule has 0 N–H and O–H groups in total. The van der Waals surface area contributed by atoms with Gasteiger partial charge < -0.3 is 13.9 Å². The molecule has 4 heteroatoms. The van der Waals surface area contributed by atoms with Crippen LogP contribution in [0.3, 0.4) is 0 Å². The first kappa shape index (κ1) is 17.1. The molecule has 112 valence electrons. The van der Waals surface area contributed by atoms with Gasteiger partial charge in [0.1, 0.15) is 0 Å². The van der Waals surface area contributed by atoms with Crippen molar-refractivity contribution in [2.24, 2.45) is 0 Å². The summed E-state index contributed by atoms with van der Waals surface area (Å²) in [6, 6.07) is 9.49. The van der Waals surface area contributed by atoms with Crippen LogP contribution in [-0.2, 0) is 20.3 Å². The van der Waals surface area contributed by atoms with E-state index >= 15 is 0 Å². The van der Waals surface area contributed by atoms with E-state index in [1.807, 2.05) is 12.1 Å². The second kappa shape index (κ2) is 10.8. The third-order valence-electron chi connectivity index (χ3n) is 3.26. The summed E-state index contributed by atoms with van der Waals surface area (Å²) in [7, 11) is 2.90. The Morgan fingerprint density at radius 1 is 1.25 bits per heavy atom. The molecule has 0 bridgehead atoms. The van der Waals surface area contributed by atoms with Crippen LogP contribution >= 0.6 is 0 Å². The molecule has 0 unspecified atom stereocenters. The first-order chi connectivity index (χ1) is 9.81. The van der Waals surface area contributed by atoms with E-state index in [-0.39, 0.29) is 6.29 Å². The van der Waals surface area contributed by atoms with Gasteiger partial charge in [0.05, 0.1) is 0 Å². The van der Waals surface area contributed by atoms with Crippen molar-refractivity contribution in [3.05, 3.63) is 42.0 Å². The topological polar surface area (TPSA) is 27.7 Å². The quantitative estimate of drug-likeness (QED) is 0.357. The van der Waals surface area contributed by atoms with Crippen molar-refractivity contribution >= 4 is 15.8 Å². The third kappa shape index (κ3) is 6.48. The van der Waals surface area contributed by atoms with Crippen molar-refractivity contribution in [2.45, 2.75) is 31.6 Å². The number of ether oxygens (including phenoxy) is 2. The van der Waals surface area contributed by atoms with Crippen molar-refractivity contribution in [3.63, 3.8) is 0 Å². The van der Waals surface area contributed by atoms with Gasteiger partial charge >= 0.3 is 0 Å². The molecule has 1 aromatic rings. The maximum absolute atomic E-state index is 5.77. The lowest BCUT2D eigenvalue weighted by atomic mass is 10.0. The molecule has 0 aliphatic rings. The predicted octanol–water partition coefficient (Wildman–Crippen LogP) is 2.79. The molecule has 1 rings (SSSR count). The molecule has 0 saturated heterocycles. The highest BCUT2D eigenvalue weighted by Crippen LogP contribution is 2.12. The van der Waals surface area contributed by atoms with Gasteiger partial charge in [-0.1, -0.05) is 36.9 Å². The largest absolute Gasteiger partial charge is 0.424 e. The second-order valence-corrected chi connectivity index (χ2v) is 6.19. The van der Waals surface area contributed by atoms with Gasteiger partial charge in [-0.25, -0.2) is 0 Å². The van der Waals surface area contributed by atoms with Crippen LogP contribution in [0.4, 0.5) is 0 Å². The molecule has 0 amide bonds. The number of hydrogen-bond acceptors (Lipinski definition) is 3. The van der Waals surface area contributed by atoms with Crippen molar-refractivity contribution in [2.75, 3.05) is 20.8 Å². The van der Waals surface area contributed by atoms with Crippen LogP contribution in [0.5, 0.6) is 0 Å². The van der Waals surface area contributed by atoms with E-state index in [9.17, 15) is 0 Å². The molecule has 0 radical (unpaired) electrons. The summed E-state index contributed by atoms with van der Waals surface area (Å²) >= 11 is 0. The van der Waals surface area contributed by atoms with Crippen molar-refractivity contribution < 1.29 is 13.9 Å². The first-order valence-corrected chi connectivity index (χ1v) is 8.73. The monoisotopic (exact) mass is 294 g/mol. The Morgan fingerprint density at radius 3 is 2.70 bits per heavy atom. The van der Waals surface area contributed by atoms with E-state index in [2.05, 4.69) is 24.8 Å². The lowest BCUT2D eigenvalue weighted by molar-refractivity contribution is -0.103. The Balaban J connectivity index is 2.09. The summed E-state index contributed by atoms with van der Waals surface area (Å²) in [5.74, 6) is 0. The average molecular weight is 294 g/mol. The smallest absolute Gasteiger partial charge is 0.161 e. The van der Waals surface area contributed by atoms with Gasteiger partial charge in [-0.3, -0.25) is 0 Å². The molecule has 3 nitrogen and oxygen atoms in total. The van der Waals surface area contributed by atoms with Crippen molar-refractivity contribution in [3.8, 4) is 0 Å². The fourth-order valence-corrected chi connectivity index (χ4v) is 3.22. The van der Waals surface area contributed by atoms with Gasteiger partial charge in [-0.2, -0.15) is 0 Å². The van der Waals surface area contributed by atoms with E-state index in [0.717, 1.165) is 31.9 Å². The molecule has 1 aromatic carbocycles. The molecule has 0 heterocycles. The second-order valence-electron chi connectivity index (χ2n) is 4.66. The van der Waals surface area contributed by atoms with E-state index in [1.54, 1.807) is 14.2 Å². The highest BCUT2D eigenvalue weighted by atomic mass is 28.2. The van der Waals surface area contributed by atoms with Crippen molar-refractivity contribution in [1.82, 2.24) is 0 Å². The lowest BCUT2D eigenvalue weighted by Gasteiger charge is -2.12. The minimum Gasteiger partial charge on any atom is -0.424 e. The molecule has 0 fully saturated rings. The van der Waals surface area contributed by atoms with Gasteiger partial charge in [-0.15, -0.1) is 0 Å². The molecule has 20 heavy (non-hydrogen) atoms. The number of methoxy groups -OCH3 is 2. The van der Waals surface area contributed by atoms with Crippen LogP contribution in [-0.4, -0.2) is 36.9 Å². The SMILES string of the molecule is C=Cc1ccccc1CCCO[SiH2]CCC(OC)OC. The summed E-state index contributed by atoms with van der Waals surface area (Å²) < 4.78 is 16.1. The number of benzene rings is 1. The number of aryl methyl sites for hydroxylation is 1. The van der Waals surface area contributed by atoms with Crippen LogP contribution in [0.1, 0.15) is 24.0 Å². The van der Waals surface area contributed by atoms with E-state index in [4.69, 9.17) is 13.9 Å². The zero-order chi connectivity index (χ0) is 14.6.